The van der Waals surface area contributed by atoms with Gasteiger partial charge >= 0.3 is 0 Å². The van der Waals surface area contributed by atoms with Gasteiger partial charge in [-0.3, -0.25) is 0 Å². The SMILES string of the molecule is CCCCC[C@H]1CC[C@H](CCc2ccc(C3CCC(C)(CCCC)CC3)cc2)CC1. The van der Waals surface area contributed by atoms with E-state index in [1.54, 1.807) is 11.1 Å². The monoisotopic (exact) mass is 410 g/mol. The fourth-order valence-electron chi connectivity index (χ4n) is 6.32. The molecule has 2 aliphatic rings. The van der Waals surface area contributed by atoms with Gasteiger partial charge in [0.25, 0.3) is 0 Å². The van der Waals surface area contributed by atoms with Crippen LogP contribution in [0, 0.1) is 17.3 Å². The Morgan fingerprint density at radius 3 is 1.93 bits per heavy atom. The van der Waals surface area contributed by atoms with Gasteiger partial charge in [-0.1, -0.05) is 109 Å². The molecule has 0 spiro atoms. The van der Waals surface area contributed by atoms with E-state index in [9.17, 15) is 0 Å². The highest BCUT2D eigenvalue weighted by Crippen LogP contribution is 2.45. The molecule has 1 aromatic carbocycles. The topological polar surface area (TPSA) is 0 Å². The molecule has 0 bridgehead atoms. The largest absolute Gasteiger partial charge is 0.0654 e. The lowest BCUT2D eigenvalue weighted by molar-refractivity contribution is 0.179. The van der Waals surface area contributed by atoms with Crippen molar-refractivity contribution in [3.63, 3.8) is 0 Å². The van der Waals surface area contributed by atoms with E-state index >= 15 is 0 Å². The summed E-state index contributed by atoms with van der Waals surface area (Å²) in [6.07, 6.45) is 24.4. The zero-order valence-electron chi connectivity index (χ0n) is 20.6. The van der Waals surface area contributed by atoms with Crippen molar-refractivity contribution in [2.24, 2.45) is 17.3 Å². The summed E-state index contributed by atoms with van der Waals surface area (Å²) in [5, 5.41) is 0. The van der Waals surface area contributed by atoms with Crippen molar-refractivity contribution >= 4 is 0 Å². The van der Waals surface area contributed by atoms with Crippen LogP contribution in [-0.4, -0.2) is 0 Å². The highest BCUT2D eigenvalue weighted by Gasteiger charge is 2.31. The van der Waals surface area contributed by atoms with Crippen LogP contribution in [0.5, 0.6) is 0 Å². The van der Waals surface area contributed by atoms with E-state index in [0.717, 1.165) is 17.8 Å². The average molecular weight is 411 g/mol. The molecule has 0 aromatic heterocycles. The first kappa shape index (κ1) is 23.9. The highest BCUT2D eigenvalue weighted by atomic mass is 14.4. The van der Waals surface area contributed by atoms with Crippen molar-refractivity contribution < 1.29 is 0 Å². The van der Waals surface area contributed by atoms with Crippen LogP contribution in [0.2, 0.25) is 0 Å². The molecule has 2 saturated carbocycles. The van der Waals surface area contributed by atoms with E-state index < -0.39 is 0 Å². The molecule has 0 unspecified atom stereocenters. The summed E-state index contributed by atoms with van der Waals surface area (Å²) < 4.78 is 0. The maximum atomic E-state index is 2.54. The number of aryl methyl sites for hydroxylation is 1. The maximum Gasteiger partial charge on any atom is -0.0162 e. The lowest BCUT2D eigenvalue weighted by Crippen LogP contribution is -2.23. The quantitative estimate of drug-likeness (QED) is 0.318. The molecule has 0 radical (unpaired) electrons. The minimum Gasteiger partial charge on any atom is -0.0654 e. The Hall–Kier alpha value is -0.780. The predicted molar refractivity (Wildman–Crippen MR) is 133 cm³/mol. The Morgan fingerprint density at radius 2 is 1.33 bits per heavy atom. The lowest BCUT2D eigenvalue weighted by atomic mass is 9.68. The van der Waals surface area contributed by atoms with Gasteiger partial charge in [0.1, 0.15) is 0 Å². The van der Waals surface area contributed by atoms with Gasteiger partial charge in [-0.25, -0.2) is 0 Å². The molecule has 3 rings (SSSR count). The summed E-state index contributed by atoms with van der Waals surface area (Å²) in [5.41, 5.74) is 3.82. The molecule has 0 heteroatoms. The first-order valence-electron chi connectivity index (χ1n) is 13.7. The molecule has 0 atom stereocenters. The minimum atomic E-state index is 0.626. The number of hydrogen-bond acceptors (Lipinski definition) is 0. The molecule has 0 N–H and O–H groups in total. The Labute approximate surface area is 188 Å². The third-order valence-corrected chi connectivity index (χ3v) is 8.80. The van der Waals surface area contributed by atoms with E-state index in [2.05, 4.69) is 45.0 Å². The van der Waals surface area contributed by atoms with Gasteiger partial charge in [0.15, 0.2) is 0 Å². The highest BCUT2D eigenvalue weighted by molar-refractivity contribution is 5.26. The lowest BCUT2D eigenvalue weighted by Gasteiger charge is -2.37. The van der Waals surface area contributed by atoms with E-state index in [1.165, 1.54) is 109 Å². The van der Waals surface area contributed by atoms with E-state index in [0.29, 0.717) is 5.41 Å². The summed E-state index contributed by atoms with van der Waals surface area (Å²) in [6, 6.07) is 9.85. The molecule has 0 nitrogen and oxygen atoms in total. The molecule has 0 heterocycles. The van der Waals surface area contributed by atoms with Gasteiger partial charge in [-0.2, -0.15) is 0 Å². The number of unbranched alkanes of at least 4 members (excludes halogenated alkanes) is 3. The summed E-state index contributed by atoms with van der Waals surface area (Å²) >= 11 is 0. The summed E-state index contributed by atoms with van der Waals surface area (Å²) in [4.78, 5) is 0. The first-order valence-corrected chi connectivity index (χ1v) is 13.7. The van der Waals surface area contributed by atoms with E-state index in [4.69, 9.17) is 0 Å². The molecular weight excluding hydrogens is 360 g/mol. The number of hydrogen-bond donors (Lipinski definition) is 0. The van der Waals surface area contributed by atoms with Crippen LogP contribution in [0.25, 0.3) is 0 Å². The van der Waals surface area contributed by atoms with E-state index in [-0.39, 0.29) is 0 Å². The number of benzene rings is 1. The summed E-state index contributed by atoms with van der Waals surface area (Å²) in [7, 11) is 0. The van der Waals surface area contributed by atoms with Crippen LogP contribution in [0.1, 0.15) is 141 Å². The second kappa shape index (κ2) is 12.3. The van der Waals surface area contributed by atoms with Crippen molar-refractivity contribution in [1.82, 2.24) is 0 Å². The van der Waals surface area contributed by atoms with Gasteiger partial charge in [0.05, 0.1) is 0 Å². The second-order valence-corrected chi connectivity index (χ2v) is 11.4. The van der Waals surface area contributed by atoms with Crippen LogP contribution in [0.4, 0.5) is 0 Å². The fraction of sp³-hybridized carbons (Fsp3) is 0.800. The van der Waals surface area contributed by atoms with Crippen LogP contribution < -0.4 is 0 Å². The molecule has 2 fully saturated rings. The maximum absolute atomic E-state index is 2.54. The summed E-state index contributed by atoms with van der Waals surface area (Å²) in [6.45, 7) is 7.19. The van der Waals surface area contributed by atoms with E-state index in [1.807, 2.05) is 0 Å². The average Bonchev–Trinajstić information content (AvgIpc) is 2.78. The zero-order valence-corrected chi connectivity index (χ0v) is 20.6. The molecule has 30 heavy (non-hydrogen) atoms. The van der Waals surface area contributed by atoms with Crippen LogP contribution in [0.3, 0.4) is 0 Å². The summed E-state index contributed by atoms with van der Waals surface area (Å²) in [5.74, 6) is 2.86. The molecule has 0 amide bonds. The molecule has 170 valence electrons. The zero-order chi connectivity index (χ0) is 21.2. The van der Waals surface area contributed by atoms with Crippen molar-refractivity contribution in [1.29, 1.82) is 0 Å². The van der Waals surface area contributed by atoms with Crippen molar-refractivity contribution in [2.45, 2.75) is 136 Å². The molecule has 1 aromatic rings. The molecule has 0 saturated heterocycles. The third kappa shape index (κ3) is 7.42. The standard InChI is InChI=1S/C30H50/c1-4-6-8-9-25-10-12-26(13-11-25)14-15-27-16-18-28(19-17-27)29-20-23-30(3,24-21-29)22-7-5-2/h16-19,25-26,29H,4-15,20-24H2,1-3H3/t25-,26-,29?,30?. The van der Waals surface area contributed by atoms with Crippen molar-refractivity contribution in [3.05, 3.63) is 35.4 Å². The Kier molecular flexibility index (Phi) is 9.79. The Morgan fingerprint density at radius 1 is 0.733 bits per heavy atom. The van der Waals surface area contributed by atoms with Gasteiger partial charge in [0, 0.05) is 0 Å². The van der Waals surface area contributed by atoms with Gasteiger partial charge in [0.2, 0.25) is 0 Å². The Bertz CT molecular complexity index is 567. The predicted octanol–water partition coefficient (Wildman–Crippen LogP) is 9.86. The Balaban J connectivity index is 1.36. The minimum absolute atomic E-state index is 0.626. The molecular formula is C30H50. The van der Waals surface area contributed by atoms with Gasteiger partial charge in [-0.05, 0) is 79.2 Å². The third-order valence-electron chi connectivity index (χ3n) is 8.80. The molecule has 2 aliphatic carbocycles. The molecule has 0 aliphatic heterocycles. The smallest absolute Gasteiger partial charge is 0.0162 e. The normalized spacial score (nSPS) is 29.8. The number of rotatable bonds is 11. The first-order chi connectivity index (χ1) is 14.6. The van der Waals surface area contributed by atoms with Crippen LogP contribution >= 0.6 is 0 Å². The fourth-order valence-corrected chi connectivity index (χ4v) is 6.32. The van der Waals surface area contributed by atoms with Crippen LogP contribution in [-0.2, 0) is 6.42 Å². The van der Waals surface area contributed by atoms with Gasteiger partial charge < -0.3 is 0 Å². The second-order valence-electron chi connectivity index (χ2n) is 11.4. The van der Waals surface area contributed by atoms with Crippen LogP contribution in [0.15, 0.2) is 24.3 Å². The van der Waals surface area contributed by atoms with Gasteiger partial charge in [-0.15, -0.1) is 0 Å². The van der Waals surface area contributed by atoms with Crippen molar-refractivity contribution in [3.8, 4) is 0 Å². The van der Waals surface area contributed by atoms with Crippen molar-refractivity contribution in [2.75, 3.05) is 0 Å².